The van der Waals surface area contributed by atoms with Gasteiger partial charge in [0.25, 0.3) is 5.91 Å². The molecule has 26 heavy (non-hydrogen) atoms. The van der Waals surface area contributed by atoms with Crippen molar-refractivity contribution >= 4 is 57.5 Å². The maximum atomic E-state index is 12.1. The fourth-order valence-corrected chi connectivity index (χ4v) is 3.62. The molecule has 142 valence electrons. The monoisotopic (exact) mass is 414 g/mol. The summed E-state index contributed by atoms with van der Waals surface area (Å²) >= 11 is 12.5. The lowest BCUT2D eigenvalue weighted by Crippen LogP contribution is -2.36. The van der Waals surface area contributed by atoms with Crippen molar-refractivity contribution in [3.05, 3.63) is 29.3 Å². The standard InChI is InChI=1S/C18H23ClN2O3S2/c1-12-7-9-21(10-8-12)18(25)26-11-16(22)24-13(2)17(23)20-15-5-3-14(19)4-6-15/h3-6,12-13H,7-11H2,1-2H3,(H,20,23)/t13-/m0/s1. The van der Waals surface area contributed by atoms with Gasteiger partial charge < -0.3 is 15.0 Å². The molecule has 0 unspecified atom stereocenters. The molecule has 0 bridgehead atoms. The van der Waals surface area contributed by atoms with Gasteiger partial charge in [-0.15, -0.1) is 0 Å². The van der Waals surface area contributed by atoms with Crippen LogP contribution in [0, 0.1) is 5.92 Å². The topological polar surface area (TPSA) is 58.6 Å². The zero-order chi connectivity index (χ0) is 19.1. The number of benzene rings is 1. The van der Waals surface area contributed by atoms with E-state index in [9.17, 15) is 9.59 Å². The number of hydrogen-bond donors (Lipinski definition) is 1. The highest BCUT2D eigenvalue weighted by Gasteiger charge is 2.21. The first-order valence-corrected chi connectivity index (χ1v) is 10.3. The molecule has 2 rings (SSSR count). The number of amides is 1. The van der Waals surface area contributed by atoms with Gasteiger partial charge in [0.2, 0.25) is 0 Å². The van der Waals surface area contributed by atoms with E-state index in [1.807, 2.05) is 0 Å². The van der Waals surface area contributed by atoms with Crippen LogP contribution in [0.4, 0.5) is 5.69 Å². The highest BCUT2D eigenvalue weighted by Crippen LogP contribution is 2.20. The lowest BCUT2D eigenvalue weighted by molar-refractivity contribution is -0.150. The lowest BCUT2D eigenvalue weighted by atomic mass is 10.00. The molecule has 1 atom stereocenters. The van der Waals surface area contributed by atoms with Crippen LogP contribution in [-0.2, 0) is 14.3 Å². The molecule has 1 fully saturated rings. The molecule has 0 saturated carbocycles. The molecule has 0 aliphatic carbocycles. The Morgan fingerprint density at radius 3 is 2.58 bits per heavy atom. The fraction of sp³-hybridized carbons (Fsp3) is 0.500. The molecule has 1 N–H and O–H groups in total. The molecule has 0 aromatic heterocycles. The Kier molecular flexibility index (Phi) is 8.18. The number of carbonyl (C=O) groups excluding carboxylic acids is 2. The van der Waals surface area contributed by atoms with Crippen LogP contribution in [-0.4, -0.2) is 46.0 Å². The summed E-state index contributed by atoms with van der Waals surface area (Å²) in [5.74, 6) is -0.0209. The van der Waals surface area contributed by atoms with Gasteiger partial charge in [0.05, 0.1) is 5.75 Å². The number of nitrogens with zero attached hydrogens (tertiary/aromatic N) is 1. The van der Waals surface area contributed by atoms with Gasteiger partial charge in [-0.2, -0.15) is 0 Å². The second kappa shape index (κ2) is 10.1. The number of thioether (sulfide) groups is 1. The van der Waals surface area contributed by atoms with Crippen LogP contribution in [0.1, 0.15) is 26.7 Å². The number of nitrogens with one attached hydrogen (secondary N) is 1. The number of rotatable bonds is 5. The number of esters is 1. The predicted molar refractivity (Wildman–Crippen MR) is 111 cm³/mol. The molecular formula is C18H23ClN2O3S2. The third-order valence-electron chi connectivity index (χ3n) is 4.14. The van der Waals surface area contributed by atoms with Gasteiger partial charge in [-0.3, -0.25) is 9.59 Å². The minimum atomic E-state index is -0.886. The molecule has 0 spiro atoms. The molecule has 1 heterocycles. The summed E-state index contributed by atoms with van der Waals surface area (Å²) in [6, 6.07) is 6.71. The normalized spacial score (nSPS) is 16.0. The van der Waals surface area contributed by atoms with E-state index in [1.54, 1.807) is 24.3 Å². The summed E-state index contributed by atoms with van der Waals surface area (Å²) in [6.07, 6.45) is 1.35. The third-order valence-corrected chi connectivity index (χ3v) is 5.89. The number of carbonyl (C=O) groups is 2. The van der Waals surface area contributed by atoms with Crippen molar-refractivity contribution in [2.24, 2.45) is 5.92 Å². The molecule has 1 aromatic rings. The molecule has 1 aromatic carbocycles. The minimum absolute atomic E-state index is 0.101. The highest BCUT2D eigenvalue weighted by atomic mass is 35.5. The van der Waals surface area contributed by atoms with Crippen LogP contribution in [0.2, 0.25) is 5.02 Å². The number of hydrogen-bond acceptors (Lipinski definition) is 5. The first-order valence-electron chi connectivity index (χ1n) is 8.52. The van der Waals surface area contributed by atoms with Crippen LogP contribution < -0.4 is 5.32 Å². The fourth-order valence-electron chi connectivity index (χ4n) is 2.46. The minimum Gasteiger partial charge on any atom is -0.452 e. The van der Waals surface area contributed by atoms with E-state index >= 15 is 0 Å². The Labute approximate surface area is 168 Å². The van der Waals surface area contributed by atoms with Crippen LogP contribution in [0.5, 0.6) is 0 Å². The van der Waals surface area contributed by atoms with E-state index in [4.69, 9.17) is 28.6 Å². The van der Waals surface area contributed by atoms with E-state index in [0.717, 1.165) is 31.8 Å². The average molecular weight is 415 g/mol. The predicted octanol–water partition coefficient (Wildman–Crippen LogP) is 3.96. The second-order valence-electron chi connectivity index (χ2n) is 6.35. The van der Waals surface area contributed by atoms with E-state index in [-0.39, 0.29) is 5.75 Å². The highest BCUT2D eigenvalue weighted by molar-refractivity contribution is 8.23. The van der Waals surface area contributed by atoms with E-state index in [1.165, 1.54) is 18.7 Å². The van der Waals surface area contributed by atoms with E-state index < -0.39 is 18.0 Å². The number of halogens is 1. The molecule has 1 saturated heterocycles. The zero-order valence-electron chi connectivity index (χ0n) is 14.9. The summed E-state index contributed by atoms with van der Waals surface area (Å²) in [4.78, 5) is 26.2. The molecule has 1 amide bonds. The number of thiocarbonyl (C=S) groups is 1. The molecule has 1 aliphatic rings. The molecular weight excluding hydrogens is 392 g/mol. The van der Waals surface area contributed by atoms with Crippen molar-refractivity contribution in [1.82, 2.24) is 4.90 Å². The summed E-state index contributed by atoms with van der Waals surface area (Å²) in [6.45, 7) is 5.64. The summed E-state index contributed by atoms with van der Waals surface area (Å²) in [5.41, 5.74) is 0.595. The van der Waals surface area contributed by atoms with Gasteiger partial charge >= 0.3 is 5.97 Å². The Hall–Kier alpha value is -1.31. The molecule has 0 radical (unpaired) electrons. The van der Waals surface area contributed by atoms with Gasteiger partial charge in [0.1, 0.15) is 4.32 Å². The van der Waals surface area contributed by atoms with E-state index in [2.05, 4.69) is 17.1 Å². The van der Waals surface area contributed by atoms with Crippen molar-refractivity contribution in [2.75, 3.05) is 24.2 Å². The largest absolute Gasteiger partial charge is 0.452 e. The zero-order valence-corrected chi connectivity index (χ0v) is 17.3. The second-order valence-corrected chi connectivity index (χ2v) is 8.40. The number of anilines is 1. The van der Waals surface area contributed by atoms with Crippen molar-refractivity contribution in [3.8, 4) is 0 Å². The van der Waals surface area contributed by atoms with Crippen LogP contribution in [0.15, 0.2) is 24.3 Å². The Morgan fingerprint density at radius 2 is 1.96 bits per heavy atom. The molecule has 5 nitrogen and oxygen atoms in total. The summed E-state index contributed by atoms with van der Waals surface area (Å²) in [7, 11) is 0. The lowest BCUT2D eigenvalue weighted by Gasteiger charge is -2.31. The first-order chi connectivity index (χ1) is 12.3. The molecule has 1 aliphatic heterocycles. The summed E-state index contributed by atoms with van der Waals surface area (Å²) in [5, 5.41) is 3.26. The average Bonchev–Trinajstić information content (AvgIpc) is 2.62. The van der Waals surface area contributed by atoms with Gasteiger partial charge in [0, 0.05) is 23.8 Å². The maximum Gasteiger partial charge on any atom is 0.317 e. The van der Waals surface area contributed by atoms with Gasteiger partial charge in [-0.1, -0.05) is 42.5 Å². The third kappa shape index (κ3) is 6.78. The van der Waals surface area contributed by atoms with Crippen LogP contribution in [0.25, 0.3) is 0 Å². The quantitative estimate of drug-likeness (QED) is 0.581. The van der Waals surface area contributed by atoms with Crippen LogP contribution in [0.3, 0.4) is 0 Å². The summed E-state index contributed by atoms with van der Waals surface area (Å²) < 4.78 is 5.90. The van der Waals surface area contributed by atoms with Crippen molar-refractivity contribution in [3.63, 3.8) is 0 Å². The van der Waals surface area contributed by atoms with Crippen molar-refractivity contribution in [2.45, 2.75) is 32.8 Å². The van der Waals surface area contributed by atoms with Crippen molar-refractivity contribution in [1.29, 1.82) is 0 Å². The first kappa shape index (κ1) is 21.0. The number of piperidine rings is 1. The van der Waals surface area contributed by atoms with E-state index in [0.29, 0.717) is 15.0 Å². The van der Waals surface area contributed by atoms with Crippen LogP contribution >= 0.6 is 35.6 Å². The van der Waals surface area contributed by atoms with Gasteiger partial charge in [-0.25, -0.2) is 0 Å². The number of likely N-dealkylation sites (tertiary alicyclic amines) is 1. The van der Waals surface area contributed by atoms with Crippen molar-refractivity contribution < 1.29 is 14.3 Å². The van der Waals surface area contributed by atoms with Gasteiger partial charge in [-0.05, 0) is 49.9 Å². The molecule has 8 heteroatoms. The Morgan fingerprint density at radius 1 is 1.35 bits per heavy atom. The Balaban J connectivity index is 1.71. The smallest absolute Gasteiger partial charge is 0.317 e. The van der Waals surface area contributed by atoms with Gasteiger partial charge in [0.15, 0.2) is 6.10 Å². The SMILES string of the molecule is CC1CCN(C(=S)SCC(=O)O[C@@H](C)C(=O)Nc2ccc(Cl)cc2)CC1. The maximum absolute atomic E-state index is 12.1. The Bertz CT molecular complexity index is 646. The number of ether oxygens (including phenoxy) is 1.